The Labute approximate surface area is 171 Å². The number of aryl methyl sites for hydroxylation is 1. The van der Waals surface area contributed by atoms with Crippen molar-refractivity contribution < 1.29 is 9.59 Å². The van der Waals surface area contributed by atoms with Crippen molar-refractivity contribution in [2.45, 2.75) is 96.9 Å². The van der Waals surface area contributed by atoms with Gasteiger partial charge in [-0.25, -0.2) is 0 Å². The summed E-state index contributed by atoms with van der Waals surface area (Å²) in [7, 11) is 0. The van der Waals surface area contributed by atoms with E-state index in [1.165, 1.54) is 50.5 Å². The van der Waals surface area contributed by atoms with Crippen LogP contribution in [0, 0.1) is 0 Å². The standard InChI is InChI=1S/C24H40N2O2/c1-3-4-5-6-7-8-9-10-14-17-23(27)25-20-24(28)26-21(2)18-19-22-15-12-11-13-16-22/h11-13,15-16,21H,3-10,14,17-20H2,1-2H3,(H,25,27)(H,26,28)/t21-/m0/s1. The van der Waals surface area contributed by atoms with E-state index in [-0.39, 0.29) is 24.4 Å². The van der Waals surface area contributed by atoms with Gasteiger partial charge in [-0.2, -0.15) is 0 Å². The summed E-state index contributed by atoms with van der Waals surface area (Å²) in [5.41, 5.74) is 1.28. The number of hydrogen-bond acceptors (Lipinski definition) is 2. The lowest BCUT2D eigenvalue weighted by Crippen LogP contribution is -2.41. The first-order valence-corrected chi connectivity index (χ1v) is 11.2. The Morgan fingerprint density at radius 2 is 1.46 bits per heavy atom. The highest BCUT2D eigenvalue weighted by molar-refractivity contribution is 5.84. The fourth-order valence-electron chi connectivity index (χ4n) is 3.29. The summed E-state index contributed by atoms with van der Waals surface area (Å²) in [5.74, 6) is -0.129. The predicted molar refractivity (Wildman–Crippen MR) is 117 cm³/mol. The van der Waals surface area contributed by atoms with Crippen molar-refractivity contribution in [1.82, 2.24) is 10.6 Å². The maximum absolute atomic E-state index is 12.0. The SMILES string of the molecule is CCCCCCCCCCCC(=O)NCC(=O)N[C@@H](C)CCc1ccccc1. The van der Waals surface area contributed by atoms with Crippen LogP contribution in [0.3, 0.4) is 0 Å². The molecule has 0 saturated carbocycles. The molecule has 0 fully saturated rings. The Hall–Kier alpha value is -1.84. The molecule has 4 nitrogen and oxygen atoms in total. The lowest BCUT2D eigenvalue weighted by atomic mass is 10.1. The van der Waals surface area contributed by atoms with Crippen LogP contribution in [-0.4, -0.2) is 24.4 Å². The van der Waals surface area contributed by atoms with E-state index in [4.69, 9.17) is 0 Å². The van der Waals surface area contributed by atoms with Gasteiger partial charge in [-0.15, -0.1) is 0 Å². The largest absolute Gasteiger partial charge is 0.352 e. The first kappa shape index (κ1) is 24.2. The maximum Gasteiger partial charge on any atom is 0.239 e. The van der Waals surface area contributed by atoms with E-state index in [2.05, 4.69) is 29.7 Å². The van der Waals surface area contributed by atoms with Crippen LogP contribution in [0.4, 0.5) is 0 Å². The number of carbonyl (C=O) groups is 2. The zero-order valence-electron chi connectivity index (χ0n) is 18.0. The van der Waals surface area contributed by atoms with E-state index in [1.807, 2.05) is 25.1 Å². The van der Waals surface area contributed by atoms with Gasteiger partial charge in [0.2, 0.25) is 11.8 Å². The lowest BCUT2D eigenvalue weighted by molar-refractivity contribution is -0.126. The summed E-state index contributed by atoms with van der Waals surface area (Å²) in [6, 6.07) is 10.4. The molecule has 1 rings (SSSR count). The van der Waals surface area contributed by atoms with Crippen LogP contribution in [0.5, 0.6) is 0 Å². The van der Waals surface area contributed by atoms with Gasteiger partial charge in [0, 0.05) is 12.5 Å². The minimum Gasteiger partial charge on any atom is -0.352 e. The highest BCUT2D eigenvalue weighted by Gasteiger charge is 2.09. The van der Waals surface area contributed by atoms with Gasteiger partial charge in [0.15, 0.2) is 0 Å². The van der Waals surface area contributed by atoms with Gasteiger partial charge in [-0.3, -0.25) is 9.59 Å². The smallest absolute Gasteiger partial charge is 0.239 e. The molecule has 0 aliphatic rings. The predicted octanol–water partition coefficient (Wildman–Crippen LogP) is 5.16. The van der Waals surface area contributed by atoms with Crippen LogP contribution in [0.2, 0.25) is 0 Å². The number of hydrogen-bond donors (Lipinski definition) is 2. The van der Waals surface area contributed by atoms with Gasteiger partial charge in [0.05, 0.1) is 6.54 Å². The highest BCUT2D eigenvalue weighted by atomic mass is 16.2. The Kier molecular flexibility index (Phi) is 14.0. The molecular formula is C24H40N2O2. The molecule has 0 radical (unpaired) electrons. The molecule has 2 N–H and O–H groups in total. The number of amides is 2. The zero-order valence-corrected chi connectivity index (χ0v) is 18.0. The van der Waals surface area contributed by atoms with Crippen molar-refractivity contribution in [2.24, 2.45) is 0 Å². The Bertz CT molecular complexity index is 531. The van der Waals surface area contributed by atoms with Gasteiger partial charge in [-0.1, -0.05) is 88.6 Å². The van der Waals surface area contributed by atoms with Crippen molar-refractivity contribution >= 4 is 11.8 Å². The summed E-state index contributed by atoms with van der Waals surface area (Å²) in [6.45, 7) is 4.32. The number of benzene rings is 1. The van der Waals surface area contributed by atoms with Crippen molar-refractivity contribution in [3.05, 3.63) is 35.9 Å². The first-order valence-electron chi connectivity index (χ1n) is 11.2. The topological polar surface area (TPSA) is 58.2 Å². The van der Waals surface area contributed by atoms with E-state index in [1.54, 1.807) is 0 Å². The van der Waals surface area contributed by atoms with E-state index in [0.29, 0.717) is 6.42 Å². The summed E-state index contributed by atoms with van der Waals surface area (Å²) < 4.78 is 0. The second-order valence-electron chi connectivity index (χ2n) is 7.85. The molecule has 1 aromatic carbocycles. The molecule has 2 amide bonds. The number of nitrogens with one attached hydrogen (secondary N) is 2. The third-order valence-corrected chi connectivity index (χ3v) is 5.07. The summed E-state index contributed by atoms with van der Waals surface area (Å²) in [6.07, 6.45) is 13.5. The Morgan fingerprint density at radius 3 is 2.11 bits per heavy atom. The second-order valence-corrected chi connectivity index (χ2v) is 7.85. The third-order valence-electron chi connectivity index (χ3n) is 5.07. The normalized spacial score (nSPS) is 11.8. The third kappa shape index (κ3) is 13.3. The quantitative estimate of drug-likeness (QED) is 0.384. The fourth-order valence-corrected chi connectivity index (χ4v) is 3.29. The van der Waals surface area contributed by atoms with Crippen LogP contribution >= 0.6 is 0 Å². The van der Waals surface area contributed by atoms with Crippen LogP contribution < -0.4 is 10.6 Å². The number of rotatable bonds is 16. The number of carbonyl (C=O) groups excluding carboxylic acids is 2. The van der Waals surface area contributed by atoms with Gasteiger partial charge in [0.25, 0.3) is 0 Å². The molecule has 1 atom stereocenters. The molecular weight excluding hydrogens is 348 g/mol. The highest BCUT2D eigenvalue weighted by Crippen LogP contribution is 2.10. The minimum atomic E-state index is -0.110. The molecule has 28 heavy (non-hydrogen) atoms. The summed E-state index contributed by atoms with van der Waals surface area (Å²) in [5, 5.41) is 5.69. The van der Waals surface area contributed by atoms with Crippen molar-refractivity contribution in [3.8, 4) is 0 Å². The molecule has 0 aliphatic heterocycles. The molecule has 4 heteroatoms. The molecule has 0 bridgehead atoms. The first-order chi connectivity index (χ1) is 13.6. The van der Waals surface area contributed by atoms with Gasteiger partial charge in [0.1, 0.15) is 0 Å². The van der Waals surface area contributed by atoms with Crippen LogP contribution in [-0.2, 0) is 16.0 Å². The molecule has 0 spiro atoms. The van der Waals surface area contributed by atoms with Crippen LogP contribution in [0.15, 0.2) is 30.3 Å². The molecule has 0 aromatic heterocycles. The van der Waals surface area contributed by atoms with Gasteiger partial charge >= 0.3 is 0 Å². The zero-order chi connectivity index (χ0) is 20.5. The van der Waals surface area contributed by atoms with E-state index >= 15 is 0 Å². The number of unbranched alkanes of at least 4 members (excludes halogenated alkanes) is 8. The van der Waals surface area contributed by atoms with Crippen LogP contribution in [0.1, 0.15) is 90.0 Å². The molecule has 158 valence electrons. The molecule has 0 saturated heterocycles. The van der Waals surface area contributed by atoms with Crippen molar-refractivity contribution in [2.75, 3.05) is 6.54 Å². The lowest BCUT2D eigenvalue weighted by Gasteiger charge is -2.14. The molecule has 0 heterocycles. The van der Waals surface area contributed by atoms with E-state index in [0.717, 1.165) is 25.7 Å². The Morgan fingerprint density at radius 1 is 0.857 bits per heavy atom. The Balaban J connectivity index is 1.98. The molecule has 0 aliphatic carbocycles. The summed E-state index contributed by atoms with van der Waals surface area (Å²) >= 11 is 0. The molecule has 1 aromatic rings. The monoisotopic (exact) mass is 388 g/mol. The minimum absolute atomic E-state index is 0.0185. The average molecular weight is 389 g/mol. The average Bonchev–Trinajstić information content (AvgIpc) is 2.70. The summed E-state index contributed by atoms with van der Waals surface area (Å²) in [4.78, 5) is 23.8. The van der Waals surface area contributed by atoms with Gasteiger partial charge < -0.3 is 10.6 Å². The maximum atomic E-state index is 12.0. The van der Waals surface area contributed by atoms with Crippen molar-refractivity contribution in [3.63, 3.8) is 0 Å². The van der Waals surface area contributed by atoms with Gasteiger partial charge in [-0.05, 0) is 31.7 Å². The van der Waals surface area contributed by atoms with Crippen LogP contribution in [0.25, 0.3) is 0 Å². The second kappa shape index (κ2) is 16.1. The fraction of sp³-hybridized carbons (Fsp3) is 0.667. The van der Waals surface area contributed by atoms with E-state index < -0.39 is 0 Å². The van der Waals surface area contributed by atoms with E-state index in [9.17, 15) is 9.59 Å². The molecule has 0 unspecified atom stereocenters. The van der Waals surface area contributed by atoms with Crippen molar-refractivity contribution in [1.29, 1.82) is 0 Å².